The fraction of sp³-hybridized carbons (Fsp3) is 0.571. The van der Waals surface area contributed by atoms with Gasteiger partial charge in [-0.25, -0.2) is 0 Å². The molecular formula is C7H17NO. The summed E-state index contributed by atoms with van der Waals surface area (Å²) in [5.41, 5.74) is 5.09. The van der Waals surface area contributed by atoms with Crippen molar-refractivity contribution in [3.8, 4) is 0 Å². The minimum absolute atomic E-state index is 0. The summed E-state index contributed by atoms with van der Waals surface area (Å²) in [4.78, 5) is 9.82. The summed E-state index contributed by atoms with van der Waals surface area (Å²) >= 11 is 0. The minimum Gasteiger partial charge on any atom is -0.366 e. The van der Waals surface area contributed by atoms with Gasteiger partial charge in [-0.2, -0.15) is 0 Å². The molecule has 0 aromatic rings. The average molecular weight is 131 g/mol. The maximum absolute atomic E-state index is 9.82. The van der Waals surface area contributed by atoms with Crippen LogP contribution in [-0.4, -0.2) is 5.91 Å². The predicted molar refractivity (Wildman–Crippen MR) is 42.1 cm³/mol. The van der Waals surface area contributed by atoms with Crippen LogP contribution in [0.2, 0.25) is 0 Å². The summed E-state index contributed by atoms with van der Waals surface area (Å²) < 4.78 is 0. The highest BCUT2D eigenvalue weighted by Gasteiger charge is 1.86. The Morgan fingerprint density at radius 3 is 1.78 bits per heavy atom. The molecule has 0 aromatic heterocycles. The molecule has 0 atom stereocenters. The first kappa shape index (κ1) is 11.1. The van der Waals surface area contributed by atoms with Gasteiger partial charge in [0, 0.05) is 7.00 Å². The maximum Gasteiger partial charge on any atom is 0.243 e. The van der Waals surface area contributed by atoms with Crippen LogP contribution in [0.1, 0.15) is 28.6 Å². The monoisotopic (exact) mass is 131 g/mol. The van der Waals surface area contributed by atoms with Crippen molar-refractivity contribution in [1.29, 1.82) is 0 Å². The number of amides is 1. The van der Waals surface area contributed by atoms with E-state index in [1.807, 2.05) is 0 Å². The molecule has 0 fully saturated rings. The Labute approximate surface area is 58.2 Å². The van der Waals surface area contributed by atoms with Crippen molar-refractivity contribution < 1.29 is 6.22 Å². The second kappa shape index (κ2) is 7.21. The van der Waals surface area contributed by atoms with Crippen LogP contribution in [0, 0.1) is 0 Å². The van der Waals surface area contributed by atoms with Gasteiger partial charge in [0.2, 0.25) is 5.91 Å². The first-order valence-corrected chi connectivity index (χ1v) is 3.01. The molecule has 0 aliphatic heterocycles. The van der Waals surface area contributed by atoms with Crippen LogP contribution >= 0.6 is 0 Å². The molecule has 0 saturated carbocycles. The quantitative estimate of drug-likeness (QED) is 0.541. The van der Waals surface area contributed by atoms with E-state index in [4.69, 9.17) is 5.73 Å². The highest BCUT2D eigenvalue weighted by atomic mass is 16.1. The van der Waals surface area contributed by atoms with Gasteiger partial charge in [-0.15, -0.1) is 0 Å². The fourth-order valence-corrected chi connectivity index (χ4v) is 0. The van der Waals surface area contributed by atoms with Gasteiger partial charge in [-0.1, -0.05) is 26.8 Å². The molecule has 2 nitrogen and oxygen atoms in total. The van der Waals surface area contributed by atoms with Gasteiger partial charge in [0.1, 0.15) is 0 Å². The van der Waals surface area contributed by atoms with Crippen LogP contribution in [-0.2, 0) is 4.79 Å². The van der Waals surface area contributed by atoms with Gasteiger partial charge in [-0.3, -0.25) is 4.79 Å². The summed E-state index contributed by atoms with van der Waals surface area (Å²) in [6.45, 7) is 9.10. The van der Waals surface area contributed by atoms with Crippen LogP contribution in [0.25, 0.3) is 0 Å². The lowest BCUT2D eigenvalue weighted by Crippen LogP contribution is -2.10. The molecule has 0 aliphatic rings. The highest BCUT2D eigenvalue weighted by molar-refractivity contribution is 5.90. The molecule has 56 valence electrons. The normalized spacial score (nSPS) is 7.00. The molecule has 0 heterocycles. The minimum atomic E-state index is -0.435. The Bertz CT molecular complexity index is 89.8. The number of rotatable bonds is 1. The largest absolute Gasteiger partial charge is 0.366 e. The first-order valence-electron chi connectivity index (χ1n) is 3.01. The van der Waals surface area contributed by atoms with Crippen LogP contribution in [0.3, 0.4) is 0 Å². The van der Waals surface area contributed by atoms with Gasteiger partial charge >= 0.3 is 0 Å². The molecule has 0 saturated heterocycles. The molecule has 0 radical (unpaired) electrons. The lowest BCUT2D eigenvalue weighted by atomic mass is 10.3. The third kappa shape index (κ3) is 19.0. The van der Waals surface area contributed by atoms with Crippen LogP contribution in [0.4, 0.5) is 0 Å². The average Bonchev–Trinajstić information content (AvgIpc) is 1.68. The van der Waals surface area contributed by atoms with Gasteiger partial charge in [0.05, 0.1) is 0 Å². The maximum atomic E-state index is 9.82. The molecule has 0 spiro atoms. The third-order valence-corrected chi connectivity index (χ3v) is 0.421. The van der Waals surface area contributed by atoms with E-state index in [-0.39, 0.29) is 1.43 Å². The summed E-state index contributed by atoms with van der Waals surface area (Å²) in [7, 11) is 0. The molecule has 0 rings (SSSR count). The Morgan fingerprint density at radius 2 is 1.78 bits per heavy atom. The SMILES string of the molecule is C=C(C)C(N)=O.CCC.[HH]. The van der Waals surface area contributed by atoms with E-state index in [2.05, 4.69) is 20.4 Å². The number of hydrogen-bond acceptors (Lipinski definition) is 1. The molecule has 0 unspecified atom stereocenters. The summed E-state index contributed by atoms with van der Waals surface area (Å²) in [5, 5.41) is 0. The van der Waals surface area contributed by atoms with Crippen LogP contribution in [0.15, 0.2) is 12.2 Å². The van der Waals surface area contributed by atoms with Gasteiger partial charge in [-0.05, 0) is 6.92 Å². The zero-order chi connectivity index (χ0) is 7.86. The molecule has 9 heavy (non-hydrogen) atoms. The zero-order valence-electron chi connectivity index (χ0n) is 6.40. The van der Waals surface area contributed by atoms with E-state index in [1.54, 1.807) is 6.92 Å². The van der Waals surface area contributed by atoms with Crippen molar-refractivity contribution in [2.24, 2.45) is 5.73 Å². The Kier molecular flexibility index (Phi) is 8.87. The van der Waals surface area contributed by atoms with E-state index in [1.165, 1.54) is 6.42 Å². The Balaban J connectivity index is -0.000000107. The zero-order valence-corrected chi connectivity index (χ0v) is 6.40. The van der Waals surface area contributed by atoms with Crippen LogP contribution < -0.4 is 5.73 Å². The third-order valence-electron chi connectivity index (χ3n) is 0.421. The van der Waals surface area contributed by atoms with Gasteiger partial charge < -0.3 is 5.73 Å². The van der Waals surface area contributed by atoms with Crippen LogP contribution in [0.5, 0.6) is 0 Å². The van der Waals surface area contributed by atoms with Gasteiger partial charge in [0.25, 0.3) is 0 Å². The molecule has 2 N–H and O–H groups in total. The predicted octanol–water partition coefficient (Wildman–Crippen LogP) is 1.71. The van der Waals surface area contributed by atoms with Crippen molar-refractivity contribution in [1.82, 2.24) is 0 Å². The lowest BCUT2D eigenvalue weighted by Gasteiger charge is -1.81. The number of primary amides is 1. The standard InChI is InChI=1S/C4H7NO.C3H8.H2/c1-3(2)4(5)6;1-3-2;/h1H2,2H3,(H2,5,6);3H2,1-2H3;1H. The summed E-state index contributed by atoms with van der Waals surface area (Å²) in [6.07, 6.45) is 1.25. The molecule has 0 aliphatic carbocycles. The topological polar surface area (TPSA) is 43.1 Å². The molecule has 0 bridgehead atoms. The van der Waals surface area contributed by atoms with Crippen molar-refractivity contribution in [3.63, 3.8) is 0 Å². The van der Waals surface area contributed by atoms with Crippen molar-refractivity contribution in [3.05, 3.63) is 12.2 Å². The summed E-state index contributed by atoms with van der Waals surface area (Å²) in [5.74, 6) is -0.435. The van der Waals surface area contributed by atoms with Crippen molar-refractivity contribution in [2.45, 2.75) is 27.2 Å². The Morgan fingerprint density at radius 1 is 1.67 bits per heavy atom. The van der Waals surface area contributed by atoms with E-state index in [0.29, 0.717) is 5.57 Å². The number of nitrogens with two attached hydrogens (primary N) is 1. The summed E-state index contributed by atoms with van der Waals surface area (Å²) in [6, 6.07) is 0. The van der Waals surface area contributed by atoms with E-state index < -0.39 is 5.91 Å². The van der Waals surface area contributed by atoms with Crippen molar-refractivity contribution >= 4 is 5.91 Å². The van der Waals surface area contributed by atoms with E-state index >= 15 is 0 Å². The second-order valence-electron chi connectivity index (χ2n) is 1.85. The highest BCUT2D eigenvalue weighted by Crippen LogP contribution is 1.78. The number of carbonyl (C=O) groups excluding carboxylic acids is 1. The molecular weight excluding hydrogens is 114 g/mol. The second-order valence-corrected chi connectivity index (χ2v) is 1.85. The Hall–Kier alpha value is -0.790. The van der Waals surface area contributed by atoms with Crippen molar-refractivity contribution in [2.75, 3.05) is 0 Å². The van der Waals surface area contributed by atoms with E-state index in [9.17, 15) is 4.79 Å². The van der Waals surface area contributed by atoms with E-state index in [0.717, 1.165) is 0 Å². The number of carbonyl (C=O) groups is 1. The van der Waals surface area contributed by atoms with Gasteiger partial charge in [0.15, 0.2) is 0 Å². The number of hydrogen-bond donors (Lipinski definition) is 1. The molecule has 1 amide bonds. The lowest BCUT2D eigenvalue weighted by molar-refractivity contribution is -0.114. The molecule has 0 aromatic carbocycles. The molecule has 2 heteroatoms. The fourth-order valence-electron chi connectivity index (χ4n) is 0. The first-order chi connectivity index (χ1) is 4.06. The smallest absolute Gasteiger partial charge is 0.243 e.